The van der Waals surface area contributed by atoms with Crippen molar-refractivity contribution in [2.75, 3.05) is 5.75 Å². The van der Waals surface area contributed by atoms with Crippen LogP contribution < -0.4 is 0 Å². The number of thiol groups is 1. The van der Waals surface area contributed by atoms with Gasteiger partial charge < -0.3 is 0 Å². The van der Waals surface area contributed by atoms with Crippen LogP contribution in [0.1, 0.15) is 71.1 Å². The minimum absolute atomic E-state index is 0. The minimum atomic E-state index is 0. The van der Waals surface area contributed by atoms with E-state index in [9.17, 15) is 0 Å². The van der Waals surface area contributed by atoms with Crippen molar-refractivity contribution in [3.8, 4) is 0 Å². The molecule has 0 N–H and O–H groups in total. The molecule has 0 amide bonds. The number of unbranched alkanes of at least 4 members (excludes halogenated alkanes) is 9. The molecular formula is C13H26NaS3. The Morgan fingerprint density at radius 2 is 1.29 bits per heavy atom. The Labute approximate surface area is 145 Å². The summed E-state index contributed by atoms with van der Waals surface area (Å²) in [6.45, 7) is 2.27. The average molecular weight is 302 g/mol. The summed E-state index contributed by atoms with van der Waals surface area (Å²) in [4.78, 5) is 0. The topological polar surface area (TPSA) is 0 Å². The van der Waals surface area contributed by atoms with Gasteiger partial charge in [0.15, 0.2) is 0 Å². The fourth-order valence-electron chi connectivity index (χ4n) is 1.75. The molecule has 0 saturated heterocycles. The van der Waals surface area contributed by atoms with E-state index >= 15 is 0 Å². The molecule has 0 rings (SSSR count). The van der Waals surface area contributed by atoms with Crippen LogP contribution in [0.25, 0.3) is 0 Å². The second-order valence-corrected chi connectivity index (χ2v) is 7.12. The van der Waals surface area contributed by atoms with Crippen molar-refractivity contribution in [3.05, 3.63) is 0 Å². The van der Waals surface area contributed by atoms with Crippen molar-refractivity contribution < 1.29 is 0 Å². The molecule has 4 heteroatoms. The first kappa shape index (κ1) is 21.1. The second-order valence-electron chi connectivity index (χ2n) is 4.30. The summed E-state index contributed by atoms with van der Waals surface area (Å²) in [5, 5.41) is 0. The quantitative estimate of drug-likeness (QED) is 0.232. The van der Waals surface area contributed by atoms with Gasteiger partial charge in [0.2, 0.25) is 0 Å². The second kappa shape index (κ2) is 17.8. The van der Waals surface area contributed by atoms with Gasteiger partial charge in [0.1, 0.15) is 3.53 Å². The molecule has 0 nitrogen and oxygen atoms in total. The monoisotopic (exact) mass is 301 g/mol. The van der Waals surface area contributed by atoms with Gasteiger partial charge in [0.05, 0.1) is 0 Å². The Hall–Kier alpha value is 1.79. The molecule has 0 aliphatic rings. The molecular weight excluding hydrogens is 275 g/mol. The van der Waals surface area contributed by atoms with E-state index < -0.39 is 0 Å². The zero-order valence-electron chi connectivity index (χ0n) is 11.5. The van der Waals surface area contributed by atoms with Crippen molar-refractivity contribution in [2.45, 2.75) is 71.1 Å². The summed E-state index contributed by atoms with van der Waals surface area (Å²) in [5.41, 5.74) is 0. The summed E-state index contributed by atoms with van der Waals surface area (Å²) in [5.74, 6) is 1.15. The third-order valence-electron chi connectivity index (χ3n) is 2.72. The molecule has 0 aliphatic carbocycles. The molecule has 0 heterocycles. The molecule has 0 aromatic carbocycles. The van der Waals surface area contributed by atoms with Gasteiger partial charge in [-0.2, -0.15) is 0 Å². The smallest absolute Gasteiger partial charge is 0.101 e. The Balaban J connectivity index is 0. The number of hydrogen-bond acceptors (Lipinski definition) is 2. The van der Waals surface area contributed by atoms with Crippen LogP contribution in [0.3, 0.4) is 0 Å². The predicted molar refractivity (Wildman–Crippen MR) is 91.6 cm³/mol. The van der Waals surface area contributed by atoms with Crippen LogP contribution in [0, 0.1) is 0 Å². The minimum Gasteiger partial charge on any atom is -0.125 e. The largest absolute Gasteiger partial charge is 0.125 e. The standard InChI is InChI=1S/C13H26S3.Na/c1-2-3-4-5-6-7-8-9-10-11-12-16-13(14)15;/h2-12H2,1H3,(H,14,15);. The van der Waals surface area contributed by atoms with E-state index in [2.05, 4.69) is 19.6 Å². The van der Waals surface area contributed by atoms with Crippen molar-refractivity contribution in [1.29, 1.82) is 0 Å². The number of rotatable bonds is 11. The van der Waals surface area contributed by atoms with Crippen LogP contribution in [0.15, 0.2) is 0 Å². The molecule has 0 fully saturated rings. The van der Waals surface area contributed by atoms with Crippen molar-refractivity contribution in [3.63, 3.8) is 0 Å². The molecule has 1 radical (unpaired) electrons. The maximum Gasteiger partial charge on any atom is 0.101 e. The third-order valence-corrected chi connectivity index (χ3v) is 4.20. The van der Waals surface area contributed by atoms with Crippen LogP contribution in [0.4, 0.5) is 0 Å². The normalized spacial score (nSPS) is 10.0. The van der Waals surface area contributed by atoms with Gasteiger partial charge in [-0.1, -0.05) is 76.9 Å². The molecule has 0 saturated carbocycles. The summed E-state index contributed by atoms with van der Waals surface area (Å²) >= 11 is 10.7. The Kier molecular flexibility index (Phi) is 22.1. The zero-order valence-corrected chi connectivity index (χ0v) is 16.1. The molecule has 0 unspecified atom stereocenters. The SMILES string of the molecule is CCCCCCCCCCCCSC(=S)S.[Na]. The maximum atomic E-state index is 4.89. The molecule has 0 aromatic rings. The van der Waals surface area contributed by atoms with Gasteiger partial charge in [-0.3, -0.25) is 0 Å². The Morgan fingerprint density at radius 1 is 0.882 bits per heavy atom. The van der Waals surface area contributed by atoms with E-state index in [0.29, 0.717) is 0 Å². The Bertz CT molecular complexity index is 163. The van der Waals surface area contributed by atoms with Gasteiger partial charge in [-0.25, -0.2) is 0 Å². The number of thiocarbonyl (C=S) groups is 1. The Morgan fingerprint density at radius 3 is 1.71 bits per heavy atom. The van der Waals surface area contributed by atoms with Gasteiger partial charge in [0, 0.05) is 29.6 Å². The van der Waals surface area contributed by atoms with Gasteiger partial charge in [-0.15, -0.1) is 24.4 Å². The van der Waals surface area contributed by atoms with E-state index in [1.807, 2.05) is 0 Å². The summed E-state index contributed by atoms with van der Waals surface area (Å²) < 4.78 is 0.788. The van der Waals surface area contributed by atoms with E-state index in [-0.39, 0.29) is 29.6 Å². The summed E-state index contributed by atoms with van der Waals surface area (Å²) in [6.07, 6.45) is 14.0. The number of hydrogen-bond donors (Lipinski definition) is 1. The molecule has 97 valence electrons. The van der Waals surface area contributed by atoms with Gasteiger partial charge in [-0.05, 0) is 12.2 Å². The molecule has 0 aliphatic heterocycles. The van der Waals surface area contributed by atoms with Gasteiger partial charge in [0.25, 0.3) is 0 Å². The fourth-order valence-corrected chi connectivity index (χ4v) is 2.80. The van der Waals surface area contributed by atoms with Crippen molar-refractivity contribution >= 4 is 69.7 Å². The van der Waals surface area contributed by atoms with Crippen LogP contribution >= 0.6 is 36.6 Å². The molecule has 0 aromatic heterocycles. The van der Waals surface area contributed by atoms with Crippen LogP contribution in [-0.2, 0) is 0 Å². The summed E-state index contributed by atoms with van der Waals surface area (Å²) in [7, 11) is 0. The average Bonchev–Trinajstić information content (AvgIpc) is 2.25. The molecule has 0 atom stereocenters. The first-order valence-electron chi connectivity index (χ1n) is 6.63. The van der Waals surface area contributed by atoms with Crippen LogP contribution in [0.2, 0.25) is 0 Å². The van der Waals surface area contributed by atoms with E-state index in [1.54, 1.807) is 11.8 Å². The maximum absolute atomic E-state index is 4.89. The molecule has 0 spiro atoms. The number of thioether (sulfide) groups is 1. The predicted octanol–water partition coefficient (Wildman–Crippen LogP) is 5.47. The van der Waals surface area contributed by atoms with E-state index in [4.69, 9.17) is 12.2 Å². The van der Waals surface area contributed by atoms with E-state index in [0.717, 1.165) is 9.28 Å². The third kappa shape index (κ3) is 20.3. The van der Waals surface area contributed by atoms with Gasteiger partial charge >= 0.3 is 0 Å². The van der Waals surface area contributed by atoms with Crippen LogP contribution in [-0.4, -0.2) is 38.8 Å². The fraction of sp³-hybridized carbons (Fsp3) is 0.923. The first-order chi connectivity index (χ1) is 7.77. The van der Waals surface area contributed by atoms with E-state index in [1.165, 1.54) is 64.2 Å². The molecule has 0 bridgehead atoms. The zero-order chi connectivity index (χ0) is 12.1. The first-order valence-corrected chi connectivity index (χ1v) is 8.47. The summed E-state index contributed by atoms with van der Waals surface area (Å²) in [6, 6.07) is 0. The van der Waals surface area contributed by atoms with Crippen molar-refractivity contribution in [2.24, 2.45) is 0 Å². The van der Waals surface area contributed by atoms with Crippen LogP contribution in [0.5, 0.6) is 0 Å². The molecule has 17 heavy (non-hydrogen) atoms. The van der Waals surface area contributed by atoms with Crippen molar-refractivity contribution in [1.82, 2.24) is 0 Å².